The number of carbonyl (C=O) groups excluding carboxylic acids is 1. The largest absolute Gasteiger partial charge is 0.381 e. The second kappa shape index (κ2) is 13.9. The van der Waals surface area contributed by atoms with E-state index in [2.05, 4.69) is 24.4 Å². The van der Waals surface area contributed by atoms with Crippen molar-refractivity contribution >= 4 is 23.2 Å². The number of amides is 1. The Morgan fingerprint density at radius 1 is 1.16 bits per heavy atom. The summed E-state index contributed by atoms with van der Waals surface area (Å²) in [5.41, 5.74) is 0.779. The van der Waals surface area contributed by atoms with Crippen molar-refractivity contribution in [2.24, 2.45) is 0 Å². The van der Waals surface area contributed by atoms with Crippen LogP contribution >= 0.6 is 11.6 Å². The fourth-order valence-electron chi connectivity index (χ4n) is 2.64. The molecule has 1 aromatic rings. The van der Waals surface area contributed by atoms with E-state index in [4.69, 9.17) is 16.3 Å². The zero-order valence-electron chi connectivity index (χ0n) is 15.6. The van der Waals surface area contributed by atoms with Gasteiger partial charge in [0.15, 0.2) is 0 Å². The van der Waals surface area contributed by atoms with Crippen molar-refractivity contribution in [3.8, 4) is 0 Å². The lowest BCUT2D eigenvalue weighted by Crippen LogP contribution is -2.10. The van der Waals surface area contributed by atoms with Gasteiger partial charge in [-0.1, -0.05) is 62.8 Å². The molecule has 0 unspecified atom stereocenters. The van der Waals surface area contributed by atoms with Gasteiger partial charge in [0.25, 0.3) is 0 Å². The molecule has 3 nitrogen and oxygen atoms in total. The summed E-state index contributed by atoms with van der Waals surface area (Å²) in [6, 6.07) is 7.15. The molecule has 0 aliphatic rings. The Morgan fingerprint density at radius 3 is 2.56 bits per heavy atom. The van der Waals surface area contributed by atoms with Gasteiger partial charge in [-0.25, -0.2) is 0 Å². The molecule has 25 heavy (non-hydrogen) atoms. The van der Waals surface area contributed by atoms with Gasteiger partial charge in [0, 0.05) is 24.2 Å². The van der Waals surface area contributed by atoms with Gasteiger partial charge in [-0.15, -0.1) is 0 Å². The summed E-state index contributed by atoms with van der Waals surface area (Å²) in [7, 11) is 1.78. The summed E-state index contributed by atoms with van der Waals surface area (Å²) in [6.07, 6.45) is 14.2. The lowest BCUT2D eigenvalue weighted by atomic mass is 10.1. The molecule has 0 saturated carbocycles. The minimum absolute atomic E-state index is 0.0196. The molecule has 0 spiro atoms. The number of rotatable bonds is 13. The van der Waals surface area contributed by atoms with E-state index in [1.54, 1.807) is 31.4 Å². The quantitative estimate of drug-likeness (QED) is 0.325. The monoisotopic (exact) mass is 365 g/mol. The number of nitrogens with one attached hydrogen (secondary N) is 1. The second-order valence-corrected chi connectivity index (χ2v) is 6.80. The van der Waals surface area contributed by atoms with E-state index in [9.17, 15) is 4.79 Å². The van der Waals surface area contributed by atoms with Crippen LogP contribution in [-0.2, 0) is 9.53 Å². The highest BCUT2D eigenvalue weighted by Crippen LogP contribution is 2.14. The number of carbonyl (C=O) groups is 1. The van der Waals surface area contributed by atoms with E-state index in [1.165, 1.54) is 32.1 Å². The van der Waals surface area contributed by atoms with Crippen LogP contribution in [0.25, 0.3) is 0 Å². The molecule has 140 valence electrons. The average molecular weight is 366 g/mol. The molecule has 0 aliphatic heterocycles. The van der Waals surface area contributed by atoms with Crippen LogP contribution in [0.15, 0.2) is 36.4 Å². The summed E-state index contributed by atoms with van der Waals surface area (Å²) in [6.45, 7) is 2.23. The Kier molecular flexibility index (Phi) is 12.1. The van der Waals surface area contributed by atoms with Crippen molar-refractivity contribution in [2.45, 2.75) is 70.8 Å². The predicted octanol–water partition coefficient (Wildman–Crippen LogP) is 6.38. The van der Waals surface area contributed by atoms with Gasteiger partial charge < -0.3 is 10.1 Å². The number of allylic oxidation sites excluding steroid dienone is 1. The molecule has 0 bridgehead atoms. The van der Waals surface area contributed by atoms with Gasteiger partial charge >= 0.3 is 0 Å². The highest BCUT2D eigenvalue weighted by molar-refractivity contribution is 6.30. The number of methoxy groups -OCH3 is 1. The molecule has 4 heteroatoms. The first kappa shape index (κ1) is 21.7. The van der Waals surface area contributed by atoms with E-state index in [0.717, 1.165) is 24.9 Å². The average Bonchev–Trinajstić information content (AvgIpc) is 2.61. The molecule has 0 fully saturated rings. The van der Waals surface area contributed by atoms with Crippen LogP contribution in [0.1, 0.15) is 64.7 Å². The zero-order valence-corrected chi connectivity index (χ0v) is 16.4. The molecule has 0 saturated heterocycles. The van der Waals surface area contributed by atoms with Crippen LogP contribution in [0.5, 0.6) is 0 Å². The number of benzene rings is 1. The summed E-state index contributed by atoms with van der Waals surface area (Å²) in [4.78, 5) is 11.9. The highest BCUT2D eigenvalue weighted by Gasteiger charge is 2.05. The molecular formula is C21H32ClNO2. The van der Waals surface area contributed by atoms with E-state index in [-0.39, 0.29) is 5.91 Å². The summed E-state index contributed by atoms with van der Waals surface area (Å²) >= 11 is 5.83. The van der Waals surface area contributed by atoms with Crippen molar-refractivity contribution in [2.75, 3.05) is 12.4 Å². The number of hydrogen-bond acceptors (Lipinski definition) is 2. The Hall–Kier alpha value is -1.32. The van der Waals surface area contributed by atoms with Gasteiger partial charge in [-0.2, -0.15) is 0 Å². The number of anilines is 1. The molecule has 0 aromatic heterocycles. The first-order valence-corrected chi connectivity index (χ1v) is 9.76. The van der Waals surface area contributed by atoms with Crippen LogP contribution in [0, 0.1) is 0 Å². The fraction of sp³-hybridized carbons (Fsp3) is 0.571. The van der Waals surface area contributed by atoms with Crippen molar-refractivity contribution in [3.05, 3.63) is 41.4 Å². The SMILES string of the molecule is CCCCCCC[C@@H](C/C=C/CCC(=O)Nc1ccc(Cl)cc1)OC. The first-order chi connectivity index (χ1) is 12.2. The molecule has 1 amide bonds. The maximum Gasteiger partial charge on any atom is 0.224 e. The van der Waals surface area contributed by atoms with Crippen LogP contribution in [0.4, 0.5) is 5.69 Å². The smallest absolute Gasteiger partial charge is 0.224 e. The minimum Gasteiger partial charge on any atom is -0.381 e. The van der Waals surface area contributed by atoms with Gasteiger partial charge in [-0.3, -0.25) is 4.79 Å². The van der Waals surface area contributed by atoms with Crippen LogP contribution < -0.4 is 5.32 Å². The summed E-state index contributed by atoms with van der Waals surface area (Å²) in [5, 5.41) is 3.53. The third-order valence-electron chi connectivity index (χ3n) is 4.19. The number of hydrogen-bond donors (Lipinski definition) is 1. The molecule has 0 aliphatic carbocycles. The third kappa shape index (κ3) is 11.0. The molecule has 1 N–H and O–H groups in total. The van der Waals surface area contributed by atoms with E-state index < -0.39 is 0 Å². The Labute approximate surface area is 157 Å². The summed E-state index contributed by atoms with van der Waals surface area (Å²) < 4.78 is 5.53. The van der Waals surface area contributed by atoms with Crippen LogP contribution in [0.3, 0.4) is 0 Å². The van der Waals surface area contributed by atoms with E-state index in [0.29, 0.717) is 17.5 Å². The third-order valence-corrected chi connectivity index (χ3v) is 4.45. The first-order valence-electron chi connectivity index (χ1n) is 9.39. The van der Waals surface area contributed by atoms with Gasteiger partial charge in [-0.05, 0) is 43.5 Å². The van der Waals surface area contributed by atoms with E-state index in [1.807, 2.05) is 0 Å². The molecule has 0 radical (unpaired) electrons. The molecule has 0 heterocycles. The van der Waals surface area contributed by atoms with Crippen molar-refractivity contribution in [1.29, 1.82) is 0 Å². The lowest BCUT2D eigenvalue weighted by molar-refractivity contribution is -0.116. The van der Waals surface area contributed by atoms with E-state index >= 15 is 0 Å². The predicted molar refractivity (Wildman–Crippen MR) is 107 cm³/mol. The highest BCUT2D eigenvalue weighted by atomic mass is 35.5. The second-order valence-electron chi connectivity index (χ2n) is 6.36. The standard InChI is InChI=1S/C21H32ClNO2/c1-3-4-5-6-8-11-20(25-2)12-9-7-10-13-21(24)23-19-16-14-18(22)15-17-19/h7,9,14-17,20H,3-6,8,10-13H2,1-2H3,(H,23,24)/b9-7+/t20-/m0/s1. The van der Waals surface area contributed by atoms with Gasteiger partial charge in [0.2, 0.25) is 5.91 Å². The zero-order chi connectivity index (χ0) is 18.3. The summed E-state index contributed by atoms with van der Waals surface area (Å²) in [5.74, 6) is 0.0196. The maximum atomic E-state index is 11.9. The lowest BCUT2D eigenvalue weighted by Gasteiger charge is -2.12. The topological polar surface area (TPSA) is 38.3 Å². The normalized spacial score (nSPS) is 12.4. The maximum absolute atomic E-state index is 11.9. The number of unbranched alkanes of at least 4 members (excludes halogenated alkanes) is 4. The van der Waals surface area contributed by atoms with Crippen LogP contribution in [0.2, 0.25) is 5.02 Å². The van der Waals surface area contributed by atoms with Gasteiger partial charge in [0.1, 0.15) is 0 Å². The fourth-order valence-corrected chi connectivity index (χ4v) is 2.77. The van der Waals surface area contributed by atoms with Crippen molar-refractivity contribution < 1.29 is 9.53 Å². The molecule has 1 rings (SSSR count). The Morgan fingerprint density at radius 2 is 1.88 bits per heavy atom. The Balaban J connectivity index is 2.14. The van der Waals surface area contributed by atoms with Crippen molar-refractivity contribution in [3.63, 3.8) is 0 Å². The number of halogens is 1. The van der Waals surface area contributed by atoms with Crippen LogP contribution in [-0.4, -0.2) is 19.1 Å². The van der Waals surface area contributed by atoms with Crippen molar-refractivity contribution in [1.82, 2.24) is 0 Å². The molecular weight excluding hydrogens is 334 g/mol. The van der Waals surface area contributed by atoms with Gasteiger partial charge in [0.05, 0.1) is 6.10 Å². The molecule has 1 atom stereocenters. The number of ether oxygens (including phenoxy) is 1. The molecule has 1 aromatic carbocycles. The minimum atomic E-state index is 0.0196. The Bertz CT molecular complexity index is 499.